The third-order valence-corrected chi connectivity index (χ3v) is 4.00. The van der Waals surface area contributed by atoms with Crippen LogP contribution >= 0.6 is 0 Å². The number of rotatable bonds is 3. The number of nitrogens with zero attached hydrogens (tertiary/aromatic N) is 3. The molecule has 0 saturated carbocycles. The average Bonchev–Trinajstić information content (AvgIpc) is 2.19. The molecule has 0 spiro atoms. The van der Waals surface area contributed by atoms with Crippen molar-refractivity contribution in [3.8, 4) is 12.1 Å². The van der Waals surface area contributed by atoms with Gasteiger partial charge in [-0.2, -0.15) is 10.5 Å². The van der Waals surface area contributed by atoms with Gasteiger partial charge in [0, 0.05) is 11.5 Å². The van der Waals surface area contributed by atoms with E-state index in [4.69, 9.17) is 15.3 Å². The standard InChI is InChI=1S/C8H12N4S/c1-3-13(11,4-2)12-7-8(5-9)6-10/h7,11H,3-4H2,1-2H3. The van der Waals surface area contributed by atoms with Gasteiger partial charge < -0.3 is 0 Å². The Labute approximate surface area is 79.1 Å². The van der Waals surface area contributed by atoms with Gasteiger partial charge in [0.25, 0.3) is 0 Å². The maximum absolute atomic E-state index is 8.42. The molecule has 0 aliphatic carbocycles. The number of hydrogen-bond acceptors (Lipinski definition) is 4. The minimum Gasteiger partial charge on any atom is -0.270 e. The van der Waals surface area contributed by atoms with Gasteiger partial charge in [0.05, 0.1) is 6.20 Å². The molecule has 1 N–H and O–H groups in total. The highest BCUT2D eigenvalue weighted by atomic mass is 32.2. The molecule has 0 rings (SSSR count). The van der Waals surface area contributed by atoms with Crippen LogP contribution in [0.15, 0.2) is 16.1 Å². The summed E-state index contributed by atoms with van der Waals surface area (Å²) in [6.07, 6.45) is 1.22. The second-order valence-electron chi connectivity index (χ2n) is 2.29. The summed E-state index contributed by atoms with van der Waals surface area (Å²) in [5.74, 6) is 1.31. The maximum Gasteiger partial charge on any atom is 0.148 e. The van der Waals surface area contributed by atoms with Crippen LogP contribution < -0.4 is 0 Å². The largest absolute Gasteiger partial charge is 0.270 e. The minimum atomic E-state index is -1.73. The lowest BCUT2D eigenvalue weighted by Crippen LogP contribution is -2.02. The number of nitrogens with one attached hydrogen (secondary N) is 1. The molecule has 5 heteroatoms. The first-order valence-corrected chi connectivity index (χ1v) is 5.80. The number of hydrogen-bond donors (Lipinski definition) is 1. The summed E-state index contributed by atoms with van der Waals surface area (Å²) >= 11 is 0. The lowest BCUT2D eigenvalue weighted by atomic mass is 10.4. The summed E-state index contributed by atoms with van der Waals surface area (Å²) < 4.78 is 11.8. The summed E-state index contributed by atoms with van der Waals surface area (Å²) in [6.45, 7) is 3.78. The molecule has 0 unspecified atom stereocenters. The van der Waals surface area contributed by atoms with Gasteiger partial charge in [0.15, 0.2) is 0 Å². The zero-order valence-electron chi connectivity index (χ0n) is 7.74. The van der Waals surface area contributed by atoms with E-state index in [9.17, 15) is 0 Å². The van der Waals surface area contributed by atoms with Crippen molar-refractivity contribution in [3.05, 3.63) is 11.8 Å². The van der Waals surface area contributed by atoms with E-state index in [1.165, 1.54) is 6.20 Å². The van der Waals surface area contributed by atoms with Crippen LogP contribution in [0.4, 0.5) is 0 Å². The van der Waals surface area contributed by atoms with Crippen LogP contribution in [0.5, 0.6) is 0 Å². The van der Waals surface area contributed by atoms with Crippen molar-refractivity contribution in [1.82, 2.24) is 0 Å². The fourth-order valence-corrected chi connectivity index (χ4v) is 1.60. The summed E-state index contributed by atoms with van der Waals surface area (Å²) in [5.41, 5.74) is -0.0361. The fourth-order valence-electron chi connectivity index (χ4n) is 0.590. The molecule has 70 valence electrons. The number of allylic oxidation sites excluding steroid dienone is 1. The van der Waals surface area contributed by atoms with Gasteiger partial charge in [0.2, 0.25) is 0 Å². The smallest absolute Gasteiger partial charge is 0.148 e. The molecule has 0 bridgehead atoms. The summed E-state index contributed by atoms with van der Waals surface area (Å²) in [5, 5.41) is 16.8. The van der Waals surface area contributed by atoms with Crippen molar-refractivity contribution in [2.45, 2.75) is 13.8 Å². The Bertz CT molecular complexity index is 359. The van der Waals surface area contributed by atoms with Crippen molar-refractivity contribution in [2.75, 3.05) is 11.5 Å². The van der Waals surface area contributed by atoms with Crippen LogP contribution in [0, 0.1) is 27.4 Å². The first-order valence-electron chi connectivity index (χ1n) is 3.87. The van der Waals surface area contributed by atoms with Crippen molar-refractivity contribution in [1.29, 1.82) is 15.3 Å². The fraction of sp³-hybridized carbons (Fsp3) is 0.500. The molecule has 0 fully saturated rings. The third-order valence-electron chi connectivity index (χ3n) is 1.58. The van der Waals surface area contributed by atoms with Crippen LogP contribution in [0.3, 0.4) is 0 Å². The summed E-state index contributed by atoms with van der Waals surface area (Å²) in [6, 6.07) is 3.42. The highest BCUT2D eigenvalue weighted by Gasteiger charge is 1.96. The topological polar surface area (TPSA) is 83.8 Å². The molecule has 0 heterocycles. The molecule has 0 atom stereocenters. The molecule has 0 aliphatic rings. The Balaban J connectivity index is 5.01. The van der Waals surface area contributed by atoms with Gasteiger partial charge in [-0.05, 0) is 0 Å². The van der Waals surface area contributed by atoms with Gasteiger partial charge in [-0.15, -0.1) is 0 Å². The third kappa shape index (κ3) is 3.73. The number of nitriles is 2. The Kier molecular flexibility index (Phi) is 4.79. The molecule has 0 aromatic rings. The lowest BCUT2D eigenvalue weighted by molar-refractivity contribution is 1.35. The molecule has 0 aromatic heterocycles. The van der Waals surface area contributed by atoms with Crippen LogP contribution in [-0.4, -0.2) is 11.5 Å². The molecule has 0 aliphatic heterocycles. The Hall–Kier alpha value is -1.33. The molecule has 4 nitrogen and oxygen atoms in total. The minimum absolute atomic E-state index is 0.0361. The Morgan fingerprint density at radius 1 is 1.38 bits per heavy atom. The average molecular weight is 196 g/mol. The molecule has 0 radical (unpaired) electrons. The van der Waals surface area contributed by atoms with E-state index >= 15 is 0 Å². The van der Waals surface area contributed by atoms with E-state index in [-0.39, 0.29) is 5.57 Å². The quantitative estimate of drug-likeness (QED) is 0.700. The van der Waals surface area contributed by atoms with Crippen molar-refractivity contribution < 1.29 is 0 Å². The molecular formula is C8H12N4S. The van der Waals surface area contributed by atoms with Crippen LogP contribution in [-0.2, 0) is 9.62 Å². The van der Waals surface area contributed by atoms with Crippen LogP contribution in [0.25, 0.3) is 0 Å². The monoisotopic (exact) mass is 196 g/mol. The summed E-state index contributed by atoms with van der Waals surface area (Å²) in [7, 11) is -1.73. The predicted molar refractivity (Wildman–Crippen MR) is 52.9 cm³/mol. The van der Waals surface area contributed by atoms with Crippen LogP contribution in [0.2, 0.25) is 0 Å². The molecule has 0 amide bonds. The van der Waals surface area contributed by atoms with Gasteiger partial charge in [0.1, 0.15) is 17.7 Å². The predicted octanol–water partition coefficient (Wildman–Crippen LogP) is 2.06. The van der Waals surface area contributed by atoms with Gasteiger partial charge >= 0.3 is 0 Å². The second-order valence-corrected chi connectivity index (χ2v) is 5.34. The molecule has 0 aromatic carbocycles. The van der Waals surface area contributed by atoms with Crippen LogP contribution in [0.1, 0.15) is 13.8 Å². The van der Waals surface area contributed by atoms with E-state index in [0.717, 1.165) is 0 Å². The molecular weight excluding hydrogens is 184 g/mol. The van der Waals surface area contributed by atoms with E-state index in [1.807, 2.05) is 13.8 Å². The summed E-state index contributed by atoms with van der Waals surface area (Å²) in [4.78, 5) is 0. The van der Waals surface area contributed by atoms with Crippen molar-refractivity contribution in [2.24, 2.45) is 4.36 Å². The lowest BCUT2D eigenvalue weighted by Gasteiger charge is -2.04. The highest BCUT2D eigenvalue weighted by Crippen LogP contribution is 2.00. The van der Waals surface area contributed by atoms with E-state index < -0.39 is 9.62 Å². The van der Waals surface area contributed by atoms with Crippen molar-refractivity contribution >= 4 is 9.62 Å². The zero-order valence-corrected chi connectivity index (χ0v) is 8.56. The maximum atomic E-state index is 8.42. The second kappa shape index (κ2) is 5.34. The first-order chi connectivity index (χ1) is 6.11. The van der Waals surface area contributed by atoms with Crippen molar-refractivity contribution in [3.63, 3.8) is 0 Å². The molecule has 0 saturated heterocycles. The highest BCUT2D eigenvalue weighted by molar-refractivity contribution is 7.94. The molecule has 13 heavy (non-hydrogen) atoms. The van der Waals surface area contributed by atoms with Gasteiger partial charge in [-0.25, -0.2) is 4.36 Å². The Morgan fingerprint density at radius 3 is 2.15 bits per heavy atom. The first kappa shape index (κ1) is 11.7. The Morgan fingerprint density at radius 2 is 1.85 bits per heavy atom. The van der Waals surface area contributed by atoms with E-state index in [0.29, 0.717) is 11.5 Å². The van der Waals surface area contributed by atoms with Gasteiger partial charge in [-0.3, -0.25) is 4.78 Å². The van der Waals surface area contributed by atoms with E-state index in [2.05, 4.69) is 4.36 Å². The SMILES string of the molecule is CCS(=N)(CC)=NC=C(C#N)C#N. The zero-order chi connectivity index (χ0) is 10.3. The normalized spacial score (nSPS) is 9.54. The van der Waals surface area contributed by atoms with E-state index in [1.54, 1.807) is 12.1 Å². The van der Waals surface area contributed by atoms with Gasteiger partial charge in [-0.1, -0.05) is 23.5 Å².